The normalized spacial score (nSPS) is 16.6. The van der Waals surface area contributed by atoms with Gasteiger partial charge in [-0.25, -0.2) is 9.31 Å². The van der Waals surface area contributed by atoms with Crippen molar-refractivity contribution in [3.8, 4) is 22.9 Å². The first-order valence-corrected chi connectivity index (χ1v) is 13.2. The Morgan fingerprint density at radius 3 is 2.77 bits per heavy atom. The summed E-state index contributed by atoms with van der Waals surface area (Å²) in [6.07, 6.45) is 8.16. The van der Waals surface area contributed by atoms with Gasteiger partial charge in [-0.15, -0.1) is 0 Å². The second-order valence-corrected chi connectivity index (χ2v) is 10.9. The van der Waals surface area contributed by atoms with Crippen molar-refractivity contribution in [3.05, 3.63) is 66.0 Å². The summed E-state index contributed by atoms with van der Waals surface area (Å²) in [6.45, 7) is 10.8. The SMILES string of the molecule is Cc1c(-c2cc(O[C@H](C)c3ccccn3)c3c(C#N)cnn3c2)cnn1[C@@H]1CCCN(C(=O)OC(C)(C)C)C1. The molecule has 39 heavy (non-hydrogen) atoms. The highest BCUT2D eigenvalue weighted by Gasteiger charge is 2.30. The van der Waals surface area contributed by atoms with Crippen LogP contribution in [0.25, 0.3) is 16.6 Å². The van der Waals surface area contributed by atoms with Crippen LogP contribution in [0.15, 0.2) is 49.1 Å². The number of carbonyl (C=O) groups is 1. The Labute approximate surface area is 227 Å². The highest BCUT2D eigenvalue weighted by molar-refractivity contribution is 5.76. The fraction of sp³-hybridized carbons (Fsp3) is 0.414. The Hall–Kier alpha value is -4.39. The number of nitriles is 1. The maximum atomic E-state index is 12.7. The predicted octanol–water partition coefficient (Wildman–Crippen LogP) is 5.48. The second kappa shape index (κ2) is 10.4. The molecule has 1 fully saturated rings. The van der Waals surface area contributed by atoms with Crippen LogP contribution in [0.2, 0.25) is 0 Å². The number of rotatable bonds is 5. The third-order valence-electron chi connectivity index (χ3n) is 6.86. The number of nitrogens with zero attached hydrogens (tertiary/aromatic N) is 7. The molecule has 5 heterocycles. The van der Waals surface area contributed by atoms with Gasteiger partial charge < -0.3 is 14.4 Å². The van der Waals surface area contributed by atoms with Crippen LogP contribution in [0.1, 0.15) is 69.6 Å². The molecule has 4 aromatic heterocycles. The van der Waals surface area contributed by atoms with Crippen LogP contribution in [-0.2, 0) is 4.74 Å². The maximum Gasteiger partial charge on any atom is 0.410 e. The predicted molar refractivity (Wildman–Crippen MR) is 145 cm³/mol. The maximum absolute atomic E-state index is 12.7. The van der Waals surface area contributed by atoms with Crippen molar-refractivity contribution in [3.63, 3.8) is 0 Å². The molecule has 0 aliphatic carbocycles. The van der Waals surface area contributed by atoms with Gasteiger partial charge in [0.25, 0.3) is 0 Å². The molecule has 5 rings (SSSR count). The summed E-state index contributed by atoms with van der Waals surface area (Å²) >= 11 is 0. The van der Waals surface area contributed by atoms with E-state index in [4.69, 9.17) is 14.6 Å². The molecule has 1 aliphatic heterocycles. The van der Waals surface area contributed by atoms with Crippen molar-refractivity contribution in [1.82, 2.24) is 29.3 Å². The van der Waals surface area contributed by atoms with E-state index in [0.717, 1.165) is 35.4 Å². The Morgan fingerprint density at radius 2 is 2.05 bits per heavy atom. The average Bonchev–Trinajstić information content (AvgIpc) is 3.51. The lowest BCUT2D eigenvalue weighted by atomic mass is 10.0. The van der Waals surface area contributed by atoms with Crippen LogP contribution in [0.4, 0.5) is 4.79 Å². The topological polar surface area (TPSA) is 111 Å². The number of hydrogen-bond donors (Lipinski definition) is 0. The Kier molecular flexibility index (Phi) is 7.00. The third kappa shape index (κ3) is 5.43. The zero-order valence-corrected chi connectivity index (χ0v) is 23.0. The summed E-state index contributed by atoms with van der Waals surface area (Å²) in [6, 6.07) is 9.87. The lowest BCUT2D eigenvalue weighted by Gasteiger charge is -2.34. The standard InChI is InChI=1S/C29H33N7O3/c1-19-24(16-33-36(19)23-9-8-12-34(18-23)28(37)39-29(3,4)5)21-13-26(27-22(14-30)15-32-35(27)17-21)38-20(2)25-10-6-7-11-31-25/h6-7,10-11,13,15-17,20,23H,8-9,12,18H2,1-5H3/t20-,23-/m1/s1. The van der Waals surface area contributed by atoms with Crippen molar-refractivity contribution in [1.29, 1.82) is 5.26 Å². The second-order valence-electron chi connectivity index (χ2n) is 10.9. The van der Waals surface area contributed by atoms with Gasteiger partial charge >= 0.3 is 6.09 Å². The molecule has 1 amide bonds. The lowest BCUT2D eigenvalue weighted by Crippen LogP contribution is -2.43. The number of carbonyl (C=O) groups excluding carboxylic acids is 1. The molecular formula is C29H33N7O3. The molecule has 2 atom stereocenters. The Morgan fingerprint density at radius 1 is 1.23 bits per heavy atom. The smallest absolute Gasteiger partial charge is 0.410 e. The fourth-order valence-corrected chi connectivity index (χ4v) is 4.99. The number of pyridine rings is 2. The molecule has 4 aromatic rings. The van der Waals surface area contributed by atoms with E-state index >= 15 is 0 Å². The lowest BCUT2D eigenvalue weighted by molar-refractivity contribution is 0.0166. The van der Waals surface area contributed by atoms with Gasteiger partial charge in [0, 0.05) is 42.3 Å². The number of ether oxygens (including phenoxy) is 2. The van der Waals surface area contributed by atoms with Gasteiger partial charge in [0.15, 0.2) is 0 Å². The largest absolute Gasteiger partial charge is 0.482 e. The van der Waals surface area contributed by atoms with Crippen LogP contribution in [0, 0.1) is 18.3 Å². The minimum Gasteiger partial charge on any atom is -0.482 e. The van der Waals surface area contributed by atoms with Crippen LogP contribution in [-0.4, -0.2) is 54.1 Å². The van der Waals surface area contributed by atoms with Gasteiger partial charge in [0.1, 0.15) is 34.6 Å². The zero-order valence-electron chi connectivity index (χ0n) is 23.0. The van der Waals surface area contributed by atoms with Crippen LogP contribution in [0.5, 0.6) is 5.75 Å². The number of aromatic nitrogens is 5. The molecule has 0 saturated carbocycles. The summed E-state index contributed by atoms with van der Waals surface area (Å²) < 4.78 is 15.6. The molecular weight excluding hydrogens is 494 g/mol. The van der Waals surface area contributed by atoms with Crippen molar-refractivity contribution >= 4 is 11.6 Å². The molecule has 10 heteroatoms. The number of hydrogen-bond acceptors (Lipinski definition) is 7. The van der Waals surface area contributed by atoms with E-state index in [1.165, 1.54) is 0 Å². The minimum atomic E-state index is -0.538. The fourth-order valence-electron chi connectivity index (χ4n) is 4.99. The molecule has 202 valence electrons. The van der Waals surface area contributed by atoms with Gasteiger partial charge in [0.05, 0.1) is 24.1 Å². The van der Waals surface area contributed by atoms with E-state index in [2.05, 4.69) is 16.2 Å². The minimum absolute atomic E-state index is 0.0403. The summed E-state index contributed by atoms with van der Waals surface area (Å²) in [5, 5.41) is 18.8. The van der Waals surface area contributed by atoms with Crippen molar-refractivity contribution in [2.24, 2.45) is 0 Å². The molecule has 10 nitrogen and oxygen atoms in total. The number of likely N-dealkylation sites (tertiary alicyclic amines) is 1. The summed E-state index contributed by atoms with van der Waals surface area (Å²) in [7, 11) is 0. The molecule has 0 aromatic carbocycles. The molecule has 0 N–H and O–H groups in total. The molecule has 0 bridgehead atoms. The van der Waals surface area contributed by atoms with Crippen molar-refractivity contribution < 1.29 is 14.3 Å². The number of piperidine rings is 1. The van der Waals surface area contributed by atoms with Gasteiger partial charge in [-0.1, -0.05) is 6.07 Å². The van der Waals surface area contributed by atoms with Gasteiger partial charge in [-0.2, -0.15) is 15.5 Å². The van der Waals surface area contributed by atoms with E-state index in [1.807, 2.05) is 76.0 Å². The van der Waals surface area contributed by atoms with Crippen molar-refractivity contribution in [2.45, 2.75) is 65.2 Å². The quantitative estimate of drug-likeness (QED) is 0.338. The first kappa shape index (κ1) is 26.2. The summed E-state index contributed by atoms with van der Waals surface area (Å²) in [4.78, 5) is 18.9. The van der Waals surface area contributed by atoms with Crippen LogP contribution < -0.4 is 4.74 Å². The number of amides is 1. The van der Waals surface area contributed by atoms with Gasteiger partial charge in [-0.3, -0.25) is 9.67 Å². The summed E-state index contributed by atoms with van der Waals surface area (Å²) in [5.74, 6) is 0.542. The molecule has 0 spiro atoms. The molecule has 0 radical (unpaired) electrons. The Balaban J connectivity index is 1.46. The van der Waals surface area contributed by atoms with Crippen LogP contribution >= 0.6 is 0 Å². The monoisotopic (exact) mass is 527 g/mol. The summed E-state index contributed by atoms with van der Waals surface area (Å²) in [5.41, 5.74) is 4.05. The first-order chi connectivity index (χ1) is 18.6. The van der Waals surface area contributed by atoms with E-state index in [1.54, 1.807) is 21.8 Å². The van der Waals surface area contributed by atoms with Gasteiger partial charge in [-0.05, 0) is 65.7 Å². The van der Waals surface area contributed by atoms with E-state index in [9.17, 15) is 10.1 Å². The van der Waals surface area contributed by atoms with E-state index in [0.29, 0.717) is 29.9 Å². The highest BCUT2D eigenvalue weighted by atomic mass is 16.6. The van der Waals surface area contributed by atoms with Gasteiger partial charge in [0.2, 0.25) is 0 Å². The number of fused-ring (bicyclic) bond motifs is 1. The molecule has 1 saturated heterocycles. The zero-order chi connectivity index (χ0) is 27.7. The Bertz CT molecular complexity index is 1530. The van der Waals surface area contributed by atoms with Crippen LogP contribution in [0.3, 0.4) is 0 Å². The average molecular weight is 528 g/mol. The van der Waals surface area contributed by atoms with E-state index in [-0.39, 0.29) is 18.2 Å². The van der Waals surface area contributed by atoms with E-state index < -0.39 is 5.60 Å². The molecule has 1 aliphatic rings. The van der Waals surface area contributed by atoms with Crippen molar-refractivity contribution in [2.75, 3.05) is 13.1 Å². The first-order valence-electron chi connectivity index (χ1n) is 13.2. The molecule has 0 unspecified atom stereocenters. The highest BCUT2D eigenvalue weighted by Crippen LogP contribution is 2.35. The third-order valence-corrected chi connectivity index (χ3v) is 6.86.